The first-order chi connectivity index (χ1) is 5.77. The molecule has 76 valence electrons. The van der Waals surface area contributed by atoms with Crippen LogP contribution >= 0.6 is 12.4 Å². The summed E-state index contributed by atoms with van der Waals surface area (Å²) < 4.78 is 0. The maximum Gasteiger partial charge on any atom is 0.224 e. The number of hydrogen-bond donors (Lipinski definition) is 3. The summed E-state index contributed by atoms with van der Waals surface area (Å²) in [5, 5.41) is 6.11. The van der Waals surface area contributed by atoms with Crippen LogP contribution in [-0.2, 0) is 4.79 Å². The Morgan fingerprint density at radius 1 is 1.54 bits per heavy atom. The standard InChI is InChI=1S/C8H15N3O.ClH/c9-6-3-7(6)11-8(12)5-1-2-10-4-5;/h5-7,10H,1-4,9H2,(H,11,12);1H/t5-,6?,7?;/m0./s1. The molecule has 0 aromatic rings. The minimum Gasteiger partial charge on any atom is -0.351 e. The Hall–Kier alpha value is -0.320. The second-order valence-corrected chi connectivity index (χ2v) is 3.70. The van der Waals surface area contributed by atoms with Gasteiger partial charge in [0.25, 0.3) is 0 Å². The molecule has 1 aliphatic heterocycles. The van der Waals surface area contributed by atoms with Crippen LogP contribution in [0.2, 0.25) is 0 Å². The predicted octanol–water partition coefficient (Wildman–Crippen LogP) is -0.766. The normalized spacial score (nSPS) is 36.5. The third-order valence-electron chi connectivity index (χ3n) is 2.60. The van der Waals surface area contributed by atoms with Crippen LogP contribution < -0.4 is 16.4 Å². The van der Waals surface area contributed by atoms with E-state index in [1.165, 1.54) is 0 Å². The Morgan fingerprint density at radius 2 is 2.23 bits per heavy atom. The van der Waals surface area contributed by atoms with Gasteiger partial charge in [-0.15, -0.1) is 12.4 Å². The van der Waals surface area contributed by atoms with E-state index < -0.39 is 0 Å². The highest BCUT2D eigenvalue weighted by Gasteiger charge is 2.36. The maximum atomic E-state index is 11.4. The van der Waals surface area contributed by atoms with E-state index in [-0.39, 0.29) is 36.3 Å². The third kappa shape index (κ3) is 2.56. The number of carbonyl (C=O) groups is 1. The Kier molecular flexibility index (Phi) is 3.53. The summed E-state index contributed by atoms with van der Waals surface area (Å²) in [5.74, 6) is 0.357. The molecule has 2 fully saturated rings. The first-order valence-electron chi connectivity index (χ1n) is 4.54. The molecule has 1 amide bonds. The summed E-state index contributed by atoms with van der Waals surface area (Å²) in [7, 11) is 0. The van der Waals surface area contributed by atoms with E-state index in [4.69, 9.17) is 5.73 Å². The summed E-state index contributed by atoms with van der Waals surface area (Å²) in [6.45, 7) is 1.79. The van der Waals surface area contributed by atoms with Crippen LogP contribution in [0.1, 0.15) is 12.8 Å². The number of carbonyl (C=O) groups excluding carboxylic acids is 1. The van der Waals surface area contributed by atoms with E-state index >= 15 is 0 Å². The summed E-state index contributed by atoms with van der Waals surface area (Å²) in [4.78, 5) is 11.4. The van der Waals surface area contributed by atoms with Gasteiger partial charge in [-0.3, -0.25) is 4.79 Å². The van der Waals surface area contributed by atoms with Gasteiger partial charge in [0, 0.05) is 18.6 Å². The fourth-order valence-electron chi connectivity index (χ4n) is 1.56. The van der Waals surface area contributed by atoms with Crippen molar-refractivity contribution in [2.75, 3.05) is 13.1 Å². The van der Waals surface area contributed by atoms with Gasteiger partial charge in [-0.25, -0.2) is 0 Å². The van der Waals surface area contributed by atoms with E-state index in [1.54, 1.807) is 0 Å². The molecule has 2 rings (SSSR count). The zero-order chi connectivity index (χ0) is 8.55. The molecule has 0 bridgehead atoms. The van der Waals surface area contributed by atoms with Crippen LogP contribution in [-0.4, -0.2) is 31.1 Å². The van der Waals surface area contributed by atoms with Crippen molar-refractivity contribution in [1.29, 1.82) is 0 Å². The van der Waals surface area contributed by atoms with Crippen LogP contribution in [0.15, 0.2) is 0 Å². The molecular formula is C8H16ClN3O. The molecule has 3 atom stereocenters. The molecule has 1 saturated heterocycles. The van der Waals surface area contributed by atoms with E-state index in [9.17, 15) is 4.79 Å². The number of nitrogens with two attached hydrogens (primary N) is 1. The van der Waals surface area contributed by atoms with Crippen molar-refractivity contribution in [2.45, 2.75) is 24.9 Å². The molecule has 5 heteroatoms. The van der Waals surface area contributed by atoms with Crippen molar-refractivity contribution >= 4 is 18.3 Å². The molecule has 4 N–H and O–H groups in total. The molecule has 1 saturated carbocycles. The van der Waals surface area contributed by atoms with Crippen molar-refractivity contribution in [3.8, 4) is 0 Å². The van der Waals surface area contributed by atoms with Gasteiger partial charge in [0.2, 0.25) is 5.91 Å². The zero-order valence-corrected chi connectivity index (χ0v) is 8.27. The fourth-order valence-corrected chi connectivity index (χ4v) is 1.56. The molecule has 13 heavy (non-hydrogen) atoms. The van der Waals surface area contributed by atoms with Crippen LogP contribution in [0, 0.1) is 5.92 Å². The first-order valence-corrected chi connectivity index (χ1v) is 4.54. The minimum atomic E-state index is 0. The van der Waals surface area contributed by atoms with E-state index in [0.717, 1.165) is 25.9 Å². The Balaban J connectivity index is 0.000000845. The van der Waals surface area contributed by atoms with Gasteiger partial charge in [-0.05, 0) is 19.4 Å². The largest absolute Gasteiger partial charge is 0.351 e. The molecule has 1 aliphatic carbocycles. The lowest BCUT2D eigenvalue weighted by atomic mass is 10.1. The van der Waals surface area contributed by atoms with Crippen LogP contribution in [0.3, 0.4) is 0 Å². The summed E-state index contributed by atoms with van der Waals surface area (Å²) in [6.07, 6.45) is 1.92. The van der Waals surface area contributed by atoms with E-state index in [1.807, 2.05) is 0 Å². The summed E-state index contributed by atoms with van der Waals surface area (Å²) in [6, 6.07) is 0.474. The van der Waals surface area contributed by atoms with Gasteiger partial charge < -0.3 is 16.4 Å². The average Bonchev–Trinajstić information content (AvgIpc) is 2.58. The molecule has 0 aromatic heterocycles. The minimum absolute atomic E-state index is 0. The van der Waals surface area contributed by atoms with Gasteiger partial charge >= 0.3 is 0 Å². The molecule has 2 aliphatic rings. The highest BCUT2D eigenvalue weighted by molar-refractivity contribution is 5.85. The third-order valence-corrected chi connectivity index (χ3v) is 2.60. The second kappa shape index (κ2) is 4.26. The van der Waals surface area contributed by atoms with E-state index in [2.05, 4.69) is 10.6 Å². The smallest absolute Gasteiger partial charge is 0.224 e. The molecule has 4 nitrogen and oxygen atoms in total. The Labute approximate surface area is 84.0 Å². The SMILES string of the molecule is Cl.NC1CC1NC(=O)[C@H]1CCNC1. The molecular weight excluding hydrogens is 190 g/mol. The molecule has 0 radical (unpaired) electrons. The second-order valence-electron chi connectivity index (χ2n) is 3.70. The summed E-state index contributed by atoms with van der Waals surface area (Å²) >= 11 is 0. The van der Waals surface area contributed by atoms with Crippen molar-refractivity contribution in [1.82, 2.24) is 10.6 Å². The Morgan fingerprint density at radius 3 is 2.69 bits per heavy atom. The molecule has 2 unspecified atom stereocenters. The van der Waals surface area contributed by atoms with Gasteiger partial charge in [-0.2, -0.15) is 0 Å². The first kappa shape index (κ1) is 10.8. The molecule has 1 heterocycles. The lowest BCUT2D eigenvalue weighted by Gasteiger charge is -2.08. The van der Waals surface area contributed by atoms with Crippen LogP contribution in [0.25, 0.3) is 0 Å². The molecule has 0 aromatic carbocycles. The fraction of sp³-hybridized carbons (Fsp3) is 0.875. The zero-order valence-electron chi connectivity index (χ0n) is 7.45. The van der Waals surface area contributed by atoms with Gasteiger partial charge in [0.15, 0.2) is 0 Å². The van der Waals surface area contributed by atoms with Gasteiger partial charge in [0.05, 0.1) is 5.92 Å². The number of hydrogen-bond acceptors (Lipinski definition) is 3. The monoisotopic (exact) mass is 205 g/mol. The quantitative estimate of drug-likeness (QED) is 0.555. The van der Waals surface area contributed by atoms with Crippen molar-refractivity contribution in [3.05, 3.63) is 0 Å². The number of rotatable bonds is 2. The summed E-state index contributed by atoms with van der Waals surface area (Å²) in [5.41, 5.74) is 5.58. The van der Waals surface area contributed by atoms with Crippen LogP contribution in [0.4, 0.5) is 0 Å². The highest BCUT2D eigenvalue weighted by Crippen LogP contribution is 2.19. The van der Waals surface area contributed by atoms with E-state index in [0.29, 0.717) is 0 Å². The Bertz CT molecular complexity index is 194. The molecule has 0 spiro atoms. The number of amides is 1. The van der Waals surface area contributed by atoms with Gasteiger partial charge in [-0.1, -0.05) is 0 Å². The lowest BCUT2D eigenvalue weighted by molar-refractivity contribution is -0.124. The predicted molar refractivity (Wildman–Crippen MR) is 52.7 cm³/mol. The number of halogens is 1. The van der Waals surface area contributed by atoms with Gasteiger partial charge in [0.1, 0.15) is 0 Å². The van der Waals surface area contributed by atoms with Crippen LogP contribution in [0.5, 0.6) is 0 Å². The lowest BCUT2D eigenvalue weighted by Crippen LogP contribution is -2.35. The van der Waals surface area contributed by atoms with Crippen molar-refractivity contribution < 1.29 is 4.79 Å². The highest BCUT2D eigenvalue weighted by atomic mass is 35.5. The topological polar surface area (TPSA) is 67.1 Å². The van der Waals surface area contributed by atoms with Crippen molar-refractivity contribution in [3.63, 3.8) is 0 Å². The average molecular weight is 206 g/mol. The number of nitrogens with one attached hydrogen (secondary N) is 2. The maximum absolute atomic E-state index is 11.4. The van der Waals surface area contributed by atoms with Crippen molar-refractivity contribution in [2.24, 2.45) is 11.7 Å².